The number of aromatic amines is 1. The molecule has 0 unspecified atom stereocenters. The van der Waals surface area contributed by atoms with Gasteiger partial charge in [0.15, 0.2) is 4.77 Å². The molecule has 0 aliphatic heterocycles. The summed E-state index contributed by atoms with van der Waals surface area (Å²) in [6, 6.07) is 0. The first kappa shape index (κ1) is 10.5. The van der Waals surface area contributed by atoms with Crippen LogP contribution in [0.5, 0.6) is 0 Å². The molecular weight excluding hydrogens is 228 g/mol. The van der Waals surface area contributed by atoms with Crippen molar-refractivity contribution in [3.05, 3.63) is 26.7 Å². The molecule has 0 fully saturated rings. The highest BCUT2D eigenvalue weighted by Gasteiger charge is 2.07. The first-order valence-corrected chi connectivity index (χ1v) is 6.04. The van der Waals surface area contributed by atoms with E-state index >= 15 is 0 Å². The smallest absolute Gasteiger partial charge is 0.195 e. The molecule has 0 aliphatic carbocycles. The van der Waals surface area contributed by atoms with E-state index in [1.165, 1.54) is 4.88 Å². The number of nitrogens with zero attached hydrogens (tertiary/aromatic N) is 3. The Morgan fingerprint density at radius 3 is 3.00 bits per heavy atom. The maximum atomic E-state index is 5.18. The van der Waals surface area contributed by atoms with Gasteiger partial charge < -0.3 is 0 Å². The summed E-state index contributed by atoms with van der Waals surface area (Å²) < 4.78 is 2.70. The van der Waals surface area contributed by atoms with Crippen LogP contribution in [0.2, 0.25) is 0 Å². The zero-order valence-electron chi connectivity index (χ0n) is 8.65. The van der Waals surface area contributed by atoms with Gasteiger partial charge in [0.05, 0.1) is 17.7 Å². The van der Waals surface area contributed by atoms with Crippen LogP contribution in [-0.4, -0.2) is 19.7 Å². The van der Waals surface area contributed by atoms with E-state index in [1.807, 2.05) is 17.0 Å². The lowest BCUT2D eigenvalue weighted by Gasteiger charge is -2.03. The van der Waals surface area contributed by atoms with Crippen molar-refractivity contribution >= 4 is 23.6 Å². The summed E-state index contributed by atoms with van der Waals surface area (Å²) >= 11 is 6.84. The third kappa shape index (κ3) is 2.00. The van der Waals surface area contributed by atoms with Crippen LogP contribution >= 0.6 is 23.6 Å². The zero-order valence-corrected chi connectivity index (χ0v) is 10.3. The van der Waals surface area contributed by atoms with Crippen LogP contribution in [0.15, 0.2) is 5.51 Å². The number of thiazole rings is 1. The summed E-state index contributed by atoms with van der Waals surface area (Å²) in [7, 11) is 0. The maximum absolute atomic E-state index is 5.18. The molecule has 2 aromatic heterocycles. The second-order valence-corrected chi connectivity index (χ2v) is 4.57. The van der Waals surface area contributed by atoms with Crippen LogP contribution in [0, 0.1) is 11.7 Å². The summed E-state index contributed by atoms with van der Waals surface area (Å²) in [4.78, 5) is 5.46. The van der Waals surface area contributed by atoms with E-state index in [9.17, 15) is 0 Å². The third-order valence-electron chi connectivity index (χ3n) is 2.30. The van der Waals surface area contributed by atoms with Crippen molar-refractivity contribution in [1.82, 2.24) is 19.7 Å². The van der Waals surface area contributed by atoms with Gasteiger partial charge in [0, 0.05) is 11.3 Å². The van der Waals surface area contributed by atoms with Gasteiger partial charge in [-0.05, 0) is 19.1 Å². The molecule has 0 saturated heterocycles. The van der Waals surface area contributed by atoms with Gasteiger partial charge in [-0.2, -0.15) is 5.10 Å². The standard InChI is InChI=1S/C9H12N4S2/c1-3-8-11-12-9(14)13(8)4-7-6(2)10-5-15-7/h5H,3-4H2,1-2H3,(H,12,14). The largest absolute Gasteiger partial charge is 0.299 e. The highest BCUT2D eigenvalue weighted by Crippen LogP contribution is 2.15. The molecule has 1 N–H and O–H groups in total. The average molecular weight is 240 g/mol. The van der Waals surface area contributed by atoms with Crippen molar-refractivity contribution in [3.8, 4) is 0 Å². The van der Waals surface area contributed by atoms with Crippen molar-refractivity contribution < 1.29 is 0 Å². The minimum Gasteiger partial charge on any atom is -0.299 e. The van der Waals surface area contributed by atoms with Crippen LogP contribution in [0.25, 0.3) is 0 Å². The molecule has 6 heteroatoms. The lowest BCUT2D eigenvalue weighted by molar-refractivity contribution is 0.728. The van der Waals surface area contributed by atoms with E-state index in [0.29, 0.717) is 4.77 Å². The van der Waals surface area contributed by atoms with E-state index in [0.717, 1.165) is 24.5 Å². The molecule has 0 atom stereocenters. The molecule has 2 rings (SSSR count). The van der Waals surface area contributed by atoms with Gasteiger partial charge in [-0.25, -0.2) is 4.98 Å². The first-order valence-electron chi connectivity index (χ1n) is 4.75. The molecule has 0 bridgehead atoms. The number of nitrogens with one attached hydrogen (secondary N) is 1. The van der Waals surface area contributed by atoms with Crippen molar-refractivity contribution in [1.29, 1.82) is 0 Å². The molecule has 0 aromatic carbocycles. The molecule has 0 saturated carbocycles. The van der Waals surface area contributed by atoms with E-state index < -0.39 is 0 Å². The average Bonchev–Trinajstić information content (AvgIpc) is 2.77. The number of hydrogen-bond donors (Lipinski definition) is 1. The summed E-state index contributed by atoms with van der Waals surface area (Å²) in [5, 5.41) is 6.99. The van der Waals surface area contributed by atoms with Gasteiger partial charge in [-0.1, -0.05) is 6.92 Å². The van der Waals surface area contributed by atoms with Gasteiger partial charge in [0.25, 0.3) is 0 Å². The molecule has 80 valence electrons. The lowest BCUT2D eigenvalue weighted by Crippen LogP contribution is -2.04. The van der Waals surface area contributed by atoms with E-state index in [1.54, 1.807) is 11.3 Å². The molecule has 2 heterocycles. The van der Waals surface area contributed by atoms with Gasteiger partial charge in [0.1, 0.15) is 5.82 Å². The zero-order chi connectivity index (χ0) is 10.8. The maximum Gasteiger partial charge on any atom is 0.195 e. The van der Waals surface area contributed by atoms with Crippen LogP contribution in [0.4, 0.5) is 0 Å². The fourth-order valence-corrected chi connectivity index (χ4v) is 2.39. The second kappa shape index (κ2) is 4.24. The lowest BCUT2D eigenvalue weighted by atomic mass is 10.3. The topological polar surface area (TPSA) is 46.5 Å². The molecular formula is C9H12N4S2. The SMILES string of the molecule is CCc1n[nH]c(=S)n1Cc1scnc1C. The number of aromatic nitrogens is 4. The van der Waals surface area contributed by atoms with Crippen LogP contribution in [0.1, 0.15) is 23.3 Å². The van der Waals surface area contributed by atoms with Crippen molar-refractivity contribution in [2.75, 3.05) is 0 Å². The minimum absolute atomic E-state index is 0.680. The van der Waals surface area contributed by atoms with Gasteiger partial charge in [0.2, 0.25) is 0 Å². The fraction of sp³-hybridized carbons (Fsp3) is 0.444. The number of aryl methyl sites for hydroxylation is 2. The Hall–Kier alpha value is -1.01. The Labute approximate surface area is 97.0 Å². The summed E-state index contributed by atoms with van der Waals surface area (Å²) in [6.07, 6.45) is 0.880. The minimum atomic E-state index is 0.680. The third-order valence-corrected chi connectivity index (χ3v) is 3.53. The number of H-pyrrole nitrogens is 1. The Balaban J connectivity index is 2.35. The van der Waals surface area contributed by atoms with E-state index in [-0.39, 0.29) is 0 Å². The molecule has 2 aromatic rings. The molecule has 4 nitrogen and oxygen atoms in total. The molecule has 0 aliphatic rings. The van der Waals surface area contributed by atoms with Crippen LogP contribution in [-0.2, 0) is 13.0 Å². The van der Waals surface area contributed by atoms with Crippen molar-refractivity contribution in [2.45, 2.75) is 26.8 Å². The number of rotatable bonds is 3. The normalized spacial score (nSPS) is 10.8. The Bertz CT molecular complexity index is 508. The predicted octanol–water partition coefficient (Wildman–Crippen LogP) is 2.32. The van der Waals surface area contributed by atoms with Gasteiger partial charge in [-0.15, -0.1) is 11.3 Å². The van der Waals surface area contributed by atoms with E-state index in [4.69, 9.17) is 12.2 Å². The molecule has 0 spiro atoms. The second-order valence-electron chi connectivity index (χ2n) is 3.25. The Morgan fingerprint density at radius 1 is 1.60 bits per heavy atom. The highest BCUT2D eigenvalue weighted by molar-refractivity contribution is 7.71. The van der Waals surface area contributed by atoms with Gasteiger partial charge >= 0.3 is 0 Å². The predicted molar refractivity (Wildman–Crippen MR) is 62.7 cm³/mol. The fourth-order valence-electron chi connectivity index (χ4n) is 1.40. The first-order chi connectivity index (χ1) is 7.22. The van der Waals surface area contributed by atoms with E-state index in [2.05, 4.69) is 22.1 Å². The van der Waals surface area contributed by atoms with Crippen molar-refractivity contribution in [2.24, 2.45) is 0 Å². The quantitative estimate of drug-likeness (QED) is 0.837. The number of hydrogen-bond acceptors (Lipinski definition) is 4. The molecule has 15 heavy (non-hydrogen) atoms. The highest BCUT2D eigenvalue weighted by atomic mass is 32.1. The van der Waals surface area contributed by atoms with Crippen LogP contribution < -0.4 is 0 Å². The monoisotopic (exact) mass is 240 g/mol. The molecule has 0 radical (unpaired) electrons. The summed E-state index contributed by atoms with van der Waals surface area (Å²) in [5.41, 5.74) is 2.94. The summed E-state index contributed by atoms with van der Waals surface area (Å²) in [5.74, 6) is 0.993. The van der Waals surface area contributed by atoms with Crippen LogP contribution in [0.3, 0.4) is 0 Å². The molecule has 0 amide bonds. The van der Waals surface area contributed by atoms with Gasteiger partial charge in [-0.3, -0.25) is 9.67 Å². The van der Waals surface area contributed by atoms with Crippen molar-refractivity contribution in [3.63, 3.8) is 0 Å². The Morgan fingerprint density at radius 2 is 2.40 bits per heavy atom. The Kier molecular flexibility index (Phi) is 2.97. The summed E-state index contributed by atoms with van der Waals surface area (Å²) in [6.45, 7) is 4.86.